The maximum absolute atomic E-state index is 12.8. The molecule has 2 aromatic carbocycles. The predicted molar refractivity (Wildman–Crippen MR) is 120 cm³/mol. The van der Waals surface area contributed by atoms with E-state index in [4.69, 9.17) is 39.5 Å². The van der Waals surface area contributed by atoms with Crippen LogP contribution in [-0.2, 0) is 10.0 Å². The van der Waals surface area contributed by atoms with Gasteiger partial charge in [-0.2, -0.15) is 0 Å². The average molecular weight is 537 g/mol. The summed E-state index contributed by atoms with van der Waals surface area (Å²) < 4.78 is 34.6. The molecule has 5 nitrogen and oxygen atoms in total. The molecule has 0 atom stereocenters. The van der Waals surface area contributed by atoms with Gasteiger partial charge in [0, 0.05) is 27.3 Å². The van der Waals surface area contributed by atoms with Gasteiger partial charge in [0.15, 0.2) is 0 Å². The third-order valence-electron chi connectivity index (χ3n) is 3.99. The Balaban J connectivity index is 1.92. The molecule has 0 unspecified atom stereocenters. The van der Waals surface area contributed by atoms with E-state index in [0.29, 0.717) is 42.8 Å². The molecule has 1 N–H and O–H groups in total. The Morgan fingerprint density at radius 1 is 1.03 bits per heavy atom. The molecule has 0 aliphatic carbocycles. The molecule has 3 aromatic rings. The Bertz CT molecular complexity index is 1200. The van der Waals surface area contributed by atoms with Gasteiger partial charge in [0.1, 0.15) is 16.4 Å². The minimum Gasteiger partial charge on any atom is -0.455 e. The number of hydrogen-bond donors (Lipinski definition) is 1. The average Bonchev–Trinajstić information content (AvgIpc) is 2.64. The van der Waals surface area contributed by atoms with Crippen molar-refractivity contribution in [1.82, 2.24) is 4.98 Å². The van der Waals surface area contributed by atoms with Gasteiger partial charge in [0.25, 0.3) is 10.0 Å². The van der Waals surface area contributed by atoms with E-state index in [-0.39, 0.29) is 9.92 Å². The van der Waals surface area contributed by atoms with E-state index in [1.54, 1.807) is 32.0 Å². The standard InChI is InChI=1S/C19H14BrCl3N2O3S/c1-10-5-18(15(23)7-14(10)22)29(26,27)25-16-3-4-17(11(2)19(16)20)28-13-6-12(21)8-24-9-13/h3-9,25H,1-2H3. The minimum atomic E-state index is -3.94. The fraction of sp³-hybridized carbons (Fsp3) is 0.105. The number of aryl methyl sites for hydroxylation is 1. The SMILES string of the molecule is Cc1cc(S(=O)(=O)Nc2ccc(Oc3cncc(Cl)c3)c(C)c2Br)c(Cl)cc1Cl. The van der Waals surface area contributed by atoms with Gasteiger partial charge in [-0.25, -0.2) is 8.42 Å². The molecule has 3 rings (SSSR count). The summed E-state index contributed by atoms with van der Waals surface area (Å²) in [6.45, 7) is 3.49. The molecular weight excluding hydrogens is 523 g/mol. The monoisotopic (exact) mass is 534 g/mol. The van der Waals surface area contributed by atoms with Gasteiger partial charge in [-0.3, -0.25) is 9.71 Å². The number of hydrogen-bond acceptors (Lipinski definition) is 4. The van der Waals surface area contributed by atoms with Crippen LogP contribution < -0.4 is 9.46 Å². The first-order chi connectivity index (χ1) is 13.6. The van der Waals surface area contributed by atoms with Crippen molar-refractivity contribution in [2.24, 2.45) is 0 Å². The molecule has 0 saturated carbocycles. The molecule has 0 aliphatic heterocycles. The highest BCUT2D eigenvalue weighted by atomic mass is 79.9. The zero-order valence-electron chi connectivity index (χ0n) is 15.1. The van der Waals surface area contributed by atoms with Crippen LogP contribution in [0.2, 0.25) is 15.1 Å². The number of nitrogens with one attached hydrogen (secondary N) is 1. The molecule has 0 radical (unpaired) electrons. The second-order valence-electron chi connectivity index (χ2n) is 6.13. The summed E-state index contributed by atoms with van der Waals surface area (Å²) in [5.74, 6) is 0.980. The van der Waals surface area contributed by atoms with E-state index in [0.717, 1.165) is 0 Å². The smallest absolute Gasteiger partial charge is 0.263 e. The van der Waals surface area contributed by atoms with Crippen molar-refractivity contribution >= 4 is 66.4 Å². The Morgan fingerprint density at radius 2 is 1.76 bits per heavy atom. The van der Waals surface area contributed by atoms with Gasteiger partial charge in [-0.15, -0.1) is 0 Å². The number of sulfonamides is 1. The molecule has 0 amide bonds. The molecule has 152 valence electrons. The Morgan fingerprint density at radius 3 is 2.45 bits per heavy atom. The van der Waals surface area contributed by atoms with E-state index in [9.17, 15) is 8.42 Å². The normalized spacial score (nSPS) is 11.4. The molecule has 1 aromatic heterocycles. The van der Waals surface area contributed by atoms with Gasteiger partial charge in [-0.05, 0) is 59.6 Å². The number of pyridine rings is 1. The number of rotatable bonds is 5. The van der Waals surface area contributed by atoms with E-state index >= 15 is 0 Å². The van der Waals surface area contributed by atoms with E-state index in [2.05, 4.69) is 25.6 Å². The third kappa shape index (κ3) is 4.98. The van der Waals surface area contributed by atoms with Crippen LogP contribution in [0.15, 0.2) is 52.1 Å². The van der Waals surface area contributed by atoms with Crippen molar-refractivity contribution in [3.8, 4) is 11.5 Å². The summed E-state index contributed by atoms with van der Waals surface area (Å²) in [6, 6.07) is 7.69. The zero-order chi connectivity index (χ0) is 21.3. The maximum atomic E-state index is 12.8. The number of halogens is 4. The van der Waals surface area contributed by atoms with Gasteiger partial charge in [0.05, 0.1) is 21.9 Å². The van der Waals surface area contributed by atoms with Gasteiger partial charge in [-0.1, -0.05) is 34.8 Å². The van der Waals surface area contributed by atoms with Crippen molar-refractivity contribution in [2.45, 2.75) is 18.7 Å². The van der Waals surface area contributed by atoms with Crippen LogP contribution >= 0.6 is 50.7 Å². The molecular formula is C19H14BrCl3N2O3S. The lowest BCUT2D eigenvalue weighted by molar-refractivity contribution is 0.476. The van der Waals surface area contributed by atoms with Gasteiger partial charge < -0.3 is 4.74 Å². The topological polar surface area (TPSA) is 68.3 Å². The van der Waals surface area contributed by atoms with Gasteiger partial charge in [0.2, 0.25) is 0 Å². The summed E-state index contributed by atoms with van der Waals surface area (Å²) in [4.78, 5) is 3.91. The molecule has 0 bridgehead atoms. The number of aromatic nitrogens is 1. The molecule has 0 spiro atoms. The van der Waals surface area contributed by atoms with Crippen LogP contribution in [0.1, 0.15) is 11.1 Å². The summed E-state index contributed by atoms with van der Waals surface area (Å²) in [7, 11) is -3.94. The first-order valence-electron chi connectivity index (χ1n) is 8.14. The number of nitrogens with zero attached hydrogens (tertiary/aromatic N) is 1. The number of benzene rings is 2. The predicted octanol–water partition coefficient (Wildman–Crippen LogP) is 7.01. The van der Waals surface area contributed by atoms with Crippen LogP contribution in [0.25, 0.3) is 0 Å². The lowest BCUT2D eigenvalue weighted by Crippen LogP contribution is -2.14. The van der Waals surface area contributed by atoms with Crippen molar-refractivity contribution in [2.75, 3.05) is 4.72 Å². The van der Waals surface area contributed by atoms with Crippen LogP contribution in [0.5, 0.6) is 11.5 Å². The van der Waals surface area contributed by atoms with E-state index < -0.39 is 10.0 Å². The van der Waals surface area contributed by atoms with Crippen molar-refractivity contribution in [1.29, 1.82) is 0 Å². The fourth-order valence-electron chi connectivity index (χ4n) is 2.47. The lowest BCUT2D eigenvalue weighted by Gasteiger charge is -2.16. The quantitative estimate of drug-likeness (QED) is 0.381. The zero-order valence-corrected chi connectivity index (χ0v) is 19.8. The Hall–Kier alpha value is -1.51. The molecule has 1 heterocycles. The Labute approximate surface area is 192 Å². The first-order valence-corrected chi connectivity index (χ1v) is 11.6. The summed E-state index contributed by atoms with van der Waals surface area (Å²) in [5, 5.41) is 0.871. The second kappa shape index (κ2) is 8.70. The summed E-state index contributed by atoms with van der Waals surface area (Å²) in [5.41, 5.74) is 1.62. The molecule has 0 aliphatic rings. The molecule has 0 fully saturated rings. The third-order valence-corrected chi connectivity index (χ3v) is 7.46. The van der Waals surface area contributed by atoms with Gasteiger partial charge >= 0.3 is 0 Å². The van der Waals surface area contributed by atoms with Crippen molar-refractivity contribution in [3.05, 3.63) is 73.4 Å². The highest BCUT2D eigenvalue weighted by Gasteiger charge is 2.22. The van der Waals surface area contributed by atoms with Crippen LogP contribution in [-0.4, -0.2) is 13.4 Å². The highest BCUT2D eigenvalue weighted by Crippen LogP contribution is 2.37. The molecule has 10 heteroatoms. The molecule has 0 saturated heterocycles. The lowest BCUT2D eigenvalue weighted by atomic mass is 10.2. The van der Waals surface area contributed by atoms with Crippen molar-refractivity contribution in [3.63, 3.8) is 0 Å². The summed E-state index contributed by atoms with van der Waals surface area (Å²) >= 11 is 21.5. The Kier molecular flexibility index (Phi) is 6.65. The maximum Gasteiger partial charge on any atom is 0.263 e. The number of anilines is 1. The molecule has 29 heavy (non-hydrogen) atoms. The number of ether oxygens (including phenoxy) is 1. The largest absolute Gasteiger partial charge is 0.455 e. The van der Waals surface area contributed by atoms with Crippen LogP contribution in [0.4, 0.5) is 5.69 Å². The summed E-state index contributed by atoms with van der Waals surface area (Å²) in [6.07, 6.45) is 3.03. The van der Waals surface area contributed by atoms with Crippen LogP contribution in [0.3, 0.4) is 0 Å². The highest BCUT2D eigenvalue weighted by molar-refractivity contribution is 9.10. The van der Waals surface area contributed by atoms with E-state index in [1.165, 1.54) is 24.5 Å². The first kappa shape index (κ1) is 22.2. The minimum absolute atomic E-state index is 0.0364. The fourth-order valence-corrected chi connectivity index (χ4v) is 5.10. The van der Waals surface area contributed by atoms with Crippen molar-refractivity contribution < 1.29 is 13.2 Å². The second-order valence-corrected chi connectivity index (χ2v) is 9.82. The van der Waals surface area contributed by atoms with Crippen LogP contribution in [0, 0.1) is 13.8 Å². The van der Waals surface area contributed by atoms with E-state index in [1.807, 2.05) is 0 Å².